The maximum atomic E-state index is 5.84. The molecule has 1 aliphatic carbocycles. The van der Waals surface area contributed by atoms with Crippen molar-refractivity contribution in [2.24, 2.45) is 11.8 Å². The summed E-state index contributed by atoms with van der Waals surface area (Å²) < 4.78 is 5.84. The lowest BCUT2D eigenvalue weighted by Crippen LogP contribution is -2.20. The molecule has 0 radical (unpaired) electrons. The molecule has 0 saturated heterocycles. The van der Waals surface area contributed by atoms with Crippen LogP contribution in [0.4, 0.5) is 5.13 Å². The highest BCUT2D eigenvalue weighted by molar-refractivity contribution is 7.16. The van der Waals surface area contributed by atoms with E-state index in [2.05, 4.69) is 24.4 Å². The van der Waals surface area contributed by atoms with Crippen LogP contribution in [0.2, 0.25) is 0 Å². The number of ether oxygens (including phenoxy) is 1. The number of fused-ring (bicyclic) bond motifs is 3. The molecule has 2 aliphatic rings. The largest absolute Gasteiger partial charge is 0.493 e. The van der Waals surface area contributed by atoms with Crippen LogP contribution in [0.5, 0.6) is 5.75 Å². The Kier molecular flexibility index (Phi) is 4.25. The van der Waals surface area contributed by atoms with E-state index in [1.165, 1.54) is 30.6 Å². The zero-order chi connectivity index (χ0) is 15.6. The molecule has 0 unspecified atom stereocenters. The van der Waals surface area contributed by atoms with Crippen LogP contribution in [-0.4, -0.2) is 18.1 Å². The van der Waals surface area contributed by atoms with Gasteiger partial charge < -0.3 is 10.1 Å². The number of para-hydroxylation sites is 1. The second-order valence-corrected chi connectivity index (χ2v) is 7.98. The number of hydrogen-bond donors (Lipinski definition) is 1. The fourth-order valence-electron chi connectivity index (χ4n) is 3.61. The third kappa shape index (κ3) is 3.23. The van der Waals surface area contributed by atoms with Gasteiger partial charge in [0, 0.05) is 23.4 Å². The Morgan fingerprint density at radius 2 is 2.04 bits per heavy atom. The minimum Gasteiger partial charge on any atom is -0.493 e. The quantitative estimate of drug-likeness (QED) is 0.862. The lowest BCUT2D eigenvalue weighted by molar-refractivity contribution is 0.300. The fraction of sp³-hybridized carbons (Fsp3) is 0.526. The van der Waals surface area contributed by atoms with Crippen LogP contribution in [-0.2, 0) is 6.42 Å². The van der Waals surface area contributed by atoms with Crippen molar-refractivity contribution in [3.05, 3.63) is 29.1 Å². The lowest BCUT2D eigenvalue weighted by Gasteiger charge is -2.26. The first-order chi connectivity index (χ1) is 11.3. The van der Waals surface area contributed by atoms with E-state index in [-0.39, 0.29) is 0 Å². The van der Waals surface area contributed by atoms with Crippen molar-refractivity contribution in [2.45, 2.75) is 39.0 Å². The summed E-state index contributed by atoms with van der Waals surface area (Å²) >= 11 is 1.80. The summed E-state index contributed by atoms with van der Waals surface area (Å²) in [5.74, 6) is 2.69. The molecule has 1 saturated carbocycles. The number of rotatable bonds is 3. The Bertz CT molecular complexity index is 674. The van der Waals surface area contributed by atoms with Crippen molar-refractivity contribution in [2.75, 3.05) is 18.5 Å². The molecule has 1 N–H and O–H groups in total. The summed E-state index contributed by atoms with van der Waals surface area (Å²) in [5, 5.41) is 4.68. The lowest BCUT2D eigenvalue weighted by atomic mass is 9.83. The number of thiazole rings is 1. The standard InChI is InChI=1S/C19H24N2OS/c1-13-6-8-14(9-7-13)12-20-19-21-18-15-4-2-3-5-16(15)22-11-10-17(18)23-19/h2-5,13-14H,6-12H2,1H3,(H,20,21). The number of anilines is 1. The third-order valence-corrected chi connectivity index (χ3v) is 6.18. The van der Waals surface area contributed by atoms with Gasteiger partial charge in [-0.05, 0) is 36.8 Å². The van der Waals surface area contributed by atoms with Crippen molar-refractivity contribution in [3.8, 4) is 17.0 Å². The Balaban J connectivity index is 1.49. The SMILES string of the molecule is CC1CCC(CNc2nc3c(s2)CCOc2ccccc2-3)CC1. The molecule has 1 aromatic heterocycles. The van der Waals surface area contributed by atoms with E-state index in [4.69, 9.17) is 9.72 Å². The van der Waals surface area contributed by atoms with Gasteiger partial charge >= 0.3 is 0 Å². The van der Waals surface area contributed by atoms with Gasteiger partial charge in [-0.1, -0.05) is 31.9 Å². The zero-order valence-electron chi connectivity index (χ0n) is 13.7. The zero-order valence-corrected chi connectivity index (χ0v) is 14.5. The monoisotopic (exact) mass is 328 g/mol. The first kappa shape index (κ1) is 15.0. The second kappa shape index (κ2) is 6.52. The van der Waals surface area contributed by atoms with Crippen LogP contribution >= 0.6 is 11.3 Å². The van der Waals surface area contributed by atoms with Crippen LogP contribution in [0.1, 0.15) is 37.5 Å². The van der Waals surface area contributed by atoms with E-state index in [1.54, 1.807) is 11.3 Å². The van der Waals surface area contributed by atoms with Gasteiger partial charge in [0.25, 0.3) is 0 Å². The van der Waals surface area contributed by atoms with Crippen molar-refractivity contribution in [1.82, 2.24) is 4.98 Å². The van der Waals surface area contributed by atoms with Crippen LogP contribution in [0, 0.1) is 11.8 Å². The average Bonchev–Trinajstić information content (AvgIpc) is 2.90. The predicted molar refractivity (Wildman–Crippen MR) is 96.4 cm³/mol. The average molecular weight is 328 g/mol. The van der Waals surface area contributed by atoms with Gasteiger partial charge in [0.2, 0.25) is 0 Å². The van der Waals surface area contributed by atoms with Gasteiger partial charge in [-0.3, -0.25) is 0 Å². The summed E-state index contributed by atoms with van der Waals surface area (Å²) in [4.78, 5) is 6.22. The first-order valence-electron chi connectivity index (χ1n) is 8.75. The molecule has 3 nitrogen and oxygen atoms in total. The minimum atomic E-state index is 0.742. The fourth-order valence-corrected chi connectivity index (χ4v) is 4.58. The van der Waals surface area contributed by atoms with Gasteiger partial charge in [-0.2, -0.15) is 0 Å². The number of hydrogen-bond acceptors (Lipinski definition) is 4. The number of nitrogens with one attached hydrogen (secondary N) is 1. The Morgan fingerprint density at radius 1 is 1.22 bits per heavy atom. The first-order valence-corrected chi connectivity index (χ1v) is 9.57. The summed E-state index contributed by atoms with van der Waals surface area (Å²) in [6.07, 6.45) is 6.42. The Labute approximate surface area is 142 Å². The number of nitrogens with zero attached hydrogens (tertiary/aromatic N) is 1. The van der Waals surface area contributed by atoms with E-state index in [1.807, 2.05) is 12.1 Å². The molecule has 23 heavy (non-hydrogen) atoms. The smallest absolute Gasteiger partial charge is 0.183 e. The molecular weight excluding hydrogens is 304 g/mol. The molecule has 1 aliphatic heterocycles. The third-order valence-electron chi connectivity index (χ3n) is 5.10. The maximum Gasteiger partial charge on any atom is 0.183 e. The van der Waals surface area contributed by atoms with Crippen molar-refractivity contribution in [3.63, 3.8) is 0 Å². The highest BCUT2D eigenvalue weighted by Gasteiger charge is 2.21. The topological polar surface area (TPSA) is 34.2 Å². The normalized spacial score (nSPS) is 23.3. The molecule has 0 spiro atoms. The van der Waals surface area contributed by atoms with Crippen molar-refractivity contribution in [1.29, 1.82) is 0 Å². The molecule has 4 heteroatoms. The van der Waals surface area contributed by atoms with Crippen LogP contribution < -0.4 is 10.1 Å². The molecule has 0 amide bonds. The molecule has 2 heterocycles. The van der Waals surface area contributed by atoms with E-state index in [9.17, 15) is 0 Å². The van der Waals surface area contributed by atoms with Gasteiger partial charge in [-0.15, -0.1) is 11.3 Å². The molecule has 1 aromatic carbocycles. The van der Waals surface area contributed by atoms with Crippen LogP contribution in [0.3, 0.4) is 0 Å². The summed E-state index contributed by atoms with van der Waals surface area (Å²) in [6.45, 7) is 4.18. The maximum absolute atomic E-state index is 5.84. The molecule has 122 valence electrons. The highest BCUT2D eigenvalue weighted by Crippen LogP contribution is 2.39. The number of benzene rings is 1. The molecule has 0 bridgehead atoms. The number of aromatic nitrogens is 1. The Morgan fingerprint density at radius 3 is 2.91 bits per heavy atom. The predicted octanol–water partition coefficient (Wildman–Crippen LogP) is 4.98. The van der Waals surface area contributed by atoms with Gasteiger partial charge in [-0.25, -0.2) is 4.98 Å². The summed E-state index contributed by atoms with van der Waals surface area (Å²) in [7, 11) is 0. The molecule has 1 fully saturated rings. The Hall–Kier alpha value is -1.55. The van der Waals surface area contributed by atoms with Gasteiger partial charge in [0.1, 0.15) is 5.75 Å². The molecule has 4 rings (SSSR count). The second-order valence-electron chi connectivity index (χ2n) is 6.89. The highest BCUT2D eigenvalue weighted by atomic mass is 32.1. The summed E-state index contributed by atoms with van der Waals surface area (Å²) in [6, 6.07) is 8.25. The van der Waals surface area contributed by atoms with Crippen molar-refractivity contribution < 1.29 is 4.74 Å². The van der Waals surface area contributed by atoms with Gasteiger partial charge in [0.05, 0.1) is 12.3 Å². The molecule has 0 atom stereocenters. The van der Waals surface area contributed by atoms with E-state index in [0.29, 0.717) is 0 Å². The van der Waals surface area contributed by atoms with E-state index >= 15 is 0 Å². The van der Waals surface area contributed by atoms with Gasteiger partial charge in [0.15, 0.2) is 5.13 Å². The van der Waals surface area contributed by atoms with Crippen LogP contribution in [0.15, 0.2) is 24.3 Å². The summed E-state index contributed by atoms with van der Waals surface area (Å²) in [5.41, 5.74) is 2.25. The van der Waals surface area contributed by atoms with Crippen molar-refractivity contribution >= 4 is 16.5 Å². The minimum absolute atomic E-state index is 0.742. The molecular formula is C19H24N2OS. The van der Waals surface area contributed by atoms with E-state index in [0.717, 1.165) is 53.5 Å². The van der Waals surface area contributed by atoms with Crippen LogP contribution in [0.25, 0.3) is 11.3 Å². The van der Waals surface area contributed by atoms with E-state index < -0.39 is 0 Å². The molecule has 2 aromatic rings.